The Morgan fingerprint density at radius 1 is 0.600 bits per heavy atom. The largest absolute Gasteiger partial charge is 2.00 e. The van der Waals surface area contributed by atoms with Gasteiger partial charge in [0.15, 0.2) is 0 Å². The molecule has 3 heteroatoms. The van der Waals surface area contributed by atoms with Crippen molar-refractivity contribution in [2.24, 2.45) is 0 Å². The fourth-order valence-corrected chi connectivity index (χ4v) is 0. The smallest absolute Gasteiger partial charge is 1.00 e. The normalized spacial score (nSPS) is 0. The summed E-state index contributed by atoms with van der Waals surface area (Å²) in [7, 11) is 0. The van der Waals surface area contributed by atoms with Gasteiger partial charge in [-0.3, -0.25) is 0 Å². The fraction of sp³-hybridized carbons (Fsp3) is 1.00. The zero-order valence-corrected chi connectivity index (χ0v) is 7.28. The van der Waals surface area contributed by atoms with Gasteiger partial charge in [0, 0.05) is 0 Å². The molecule has 0 saturated heterocycles. The van der Waals surface area contributed by atoms with Crippen LogP contribution in [-0.4, -0.2) is 23.9 Å². The van der Waals surface area contributed by atoms with E-state index in [2.05, 4.69) is 0 Å². The third kappa shape index (κ3) is 26.3. The first kappa shape index (κ1) is 72.5. The summed E-state index contributed by atoms with van der Waals surface area (Å²) in [5.41, 5.74) is 0. The molecule has 0 aliphatic carbocycles. The predicted octanol–water partition coefficient (Wildman–Crippen LogP) is -5.10. The van der Waals surface area contributed by atoms with E-state index in [9.17, 15) is 0 Å². The zero-order chi connectivity index (χ0) is 0. The van der Waals surface area contributed by atoms with Gasteiger partial charge in [-0.15, -0.1) is 0 Å². The van der Waals surface area contributed by atoms with Crippen molar-refractivity contribution in [2.45, 2.75) is 14.9 Å². The van der Waals surface area contributed by atoms with Crippen molar-refractivity contribution in [3.05, 3.63) is 0 Å². The van der Waals surface area contributed by atoms with Crippen LogP contribution in [-0.2, 0) is 0 Å². The van der Waals surface area contributed by atoms with Crippen LogP contribution in [0.5, 0.6) is 0 Å². The topological polar surface area (TPSA) is 0 Å². The molecule has 34 valence electrons. The Bertz CT molecular complexity index is 7.61. The zero-order valence-electron chi connectivity index (χ0n) is 1.26. The Balaban J connectivity index is 0. The summed E-state index contributed by atoms with van der Waals surface area (Å²) in [6, 6.07) is 0. The van der Waals surface area contributed by atoms with Crippen molar-refractivity contribution in [3.63, 3.8) is 0 Å². The molecule has 0 rings (SSSR count). The van der Waals surface area contributed by atoms with Gasteiger partial charge in [-0.2, -0.15) is 0 Å². The Morgan fingerprint density at radius 2 is 0.600 bits per heavy atom. The van der Waals surface area contributed by atoms with Gasteiger partial charge < -0.3 is 34.0 Å². The molecule has 0 fully saturated rings. The molecule has 0 N–H and O–H groups in total. The second-order valence-corrected chi connectivity index (χ2v) is 0. The van der Waals surface area contributed by atoms with Crippen molar-refractivity contribution in [1.82, 2.24) is 0 Å². The van der Waals surface area contributed by atoms with Gasteiger partial charge in [0.05, 0.1) is 0 Å². The van der Waals surface area contributed by atoms with Gasteiger partial charge >= 0.3 is 23.9 Å². The van der Waals surface area contributed by atoms with E-state index in [4.69, 9.17) is 0 Å². The van der Waals surface area contributed by atoms with Crippen LogP contribution in [0.4, 0.5) is 0 Å². The molecule has 0 nitrogen and oxygen atoms in total. The molecule has 0 heterocycles. The average Bonchev–Trinajstić information content (AvgIpc) is 0. The van der Waals surface area contributed by atoms with Gasteiger partial charge in [0.2, 0.25) is 0 Å². The van der Waals surface area contributed by atoms with E-state index in [1.165, 1.54) is 0 Å². The van der Waals surface area contributed by atoms with Crippen LogP contribution < -0.4 is 34.0 Å². The van der Waals surface area contributed by atoms with Crippen molar-refractivity contribution >= 4 is 23.9 Å². The molecule has 0 aromatic carbocycles. The number of halogens is 2. The Labute approximate surface area is 72.2 Å². The van der Waals surface area contributed by atoms with Crippen molar-refractivity contribution in [3.8, 4) is 0 Å². The Hall–Kier alpha value is 1.76. The third-order valence-electron chi connectivity index (χ3n) is 0. The van der Waals surface area contributed by atoms with Crippen LogP contribution >= 0.6 is 0 Å². The molecule has 0 aliphatic heterocycles. The molecule has 0 atom stereocenters. The maximum absolute atomic E-state index is 0. The minimum absolute atomic E-state index is 0. The maximum Gasteiger partial charge on any atom is 2.00 e. The van der Waals surface area contributed by atoms with E-state index in [0.29, 0.717) is 0 Å². The van der Waals surface area contributed by atoms with Crippen LogP contribution in [0, 0.1) is 0 Å². The molecular formula is C2H8Br2Sn. The third-order valence-corrected chi connectivity index (χ3v) is 0. The van der Waals surface area contributed by atoms with Crippen LogP contribution in [0.15, 0.2) is 0 Å². The summed E-state index contributed by atoms with van der Waals surface area (Å²) in [6.07, 6.45) is 0. The molecular weight excluding hydrogens is 303 g/mol. The van der Waals surface area contributed by atoms with Gasteiger partial charge in [-0.25, -0.2) is 0 Å². The maximum atomic E-state index is 0. The molecule has 2 radical (unpaired) electrons. The first-order chi connectivity index (χ1) is 0. The molecule has 0 aromatic rings. The Morgan fingerprint density at radius 3 is 0.600 bits per heavy atom. The molecule has 0 aromatic heterocycles. The van der Waals surface area contributed by atoms with Gasteiger partial charge in [0.25, 0.3) is 0 Å². The predicted molar refractivity (Wildman–Crippen MR) is 19.2 cm³/mol. The van der Waals surface area contributed by atoms with Crippen LogP contribution in [0.1, 0.15) is 14.9 Å². The first-order valence-electron chi connectivity index (χ1n) is 0. The average molecular weight is 311 g/mol. The molecule has 0 aliphatic rings. The van der Waals surface area contributed by atoms with E-state index < -0.39 is 0 Å². The number of hydrogen-bond donors (Lipinski definition) is 0. The van der Waals surface area contributed by atoms with Crippen LogP contribution in [0.2, 0.25) is 0 Å². The van der Waals surface area contributed by atoms with Crippen molar-refractivity contribution in [2.75, 3.05) is 0 Å². The molecule has 5 heavy (non-hydrogen) atoms. The molecule has 0 amide bonds. The van der Waals surface area contributed by atoms with Crippen LogP contribution in [0.3, 0.4) is 0 Å². The SMILES string of the molecule is C.C.[Br-].[Br-].[Sn+2]. The monoisotopic (exact) mass is 310 g/mol. The van der Waals surface area contributed by atoms with Crippen molar-refractivity contribution in [1.29, 1.82) is 0 Å². The van der Waals surface area contributed by atoms with E-state index in [0.717, 1.165) is 0 Å². The molecule has 0 saturated carbocycles. The summed E-state index contributed by atoms with van der Waals surface area (Å²) >= 11 is 0. The second-order valence-electron chi connectivity index (χ2n) is 0. The molecule has 0 bridgehead atoms. The summed E-state index contributed by atoms with van der Waals surface area (Å²) in [5.74, 6) is 0. The summed E-state index contributed by atoms with van der Waals surface area (Å²) in [4.78, 5) is 0. The standard InChI is InChI=1S/2CH4.2BrH.Sn/h2*1H4;2*1H;/q;;;;+2/p-2. The van der Waals surface area contributed by atoms with E-state index >= 15 is 0 Å². The Kier molecular flexibility index (Phi) is 611. The van der Waals surface area contributed by atoms with E-state index in [-0.39, 0.29) is 72.7 Å². The van der Waals surface area contributed by atoms with E-state index in [1.807, 2.05) is 0 Å². The van der Waals surface area contributed by atoms with Crippen molar-refractivity contribution < 1.29 is 34.0 Å². The minimum atomic E-state index is 0. The quantitative estimate of drug-likeness (QED) is 0.393. The summed E-state index contributed by atoms with van der Waals surface area (Å²) in [5, 5.41) is 0. The summed E-state index contributed by atoms with van der Waals surface area (Å²) < 4.78 is 0. The number of hydrogen-bond acceptors (Lipinski definition) is 0. The van der Waals surface area contributed by atoms with Gasteiger partial charge in [-0.1, -0.05) is 14.9 Å². The second kappa shape index (κ2) is 42.2. The van der Waals surface area contributed by atoms with Gasteiger partial charge in [-0.05, 0) is 0 Å². The minimum Gasteiger partial charge on any atom is -1.00 e. The fourth-order valence-electron chi connectivity index (χ4n) is 0. The molecule has 0 spiro atoms. The summed E-state index contributed by atoms with van der Waals surface area (Å²) in [6.45, 7) is 0. The molecule has 0 unspecified atom stereocenters. The van der Waals surface area contributed by atoms with E-state index in [1.54, 1.807) is 0 Å². The number of rotatable bonds is 0. The van der Waals surface area contributed by atoms with Gasteiger partial charge in [0.1, 0.15) is 0 Å². The van der Waals surface area contributed by atoms with Crippen LogP contribution in [0.25, 0.3) is 0 Å². The first-order valence-corrected chi connectivity index (χ1v) is 0.